The molecular formula is C18H37N2O2+. The van der Waals surface area contributed by atoms with Gasteiger partial charge in [0.15, 0.2) is 0 Å². The molecule has 0 aromatic carbocycles. The van der Waals surface area contributed by atoms with Crippen LogP contribution in [0.2, 0.25) is 0 Å². The predicted octanol–water partition coefficient (Wildman–Crippen LogP) is 2.82. The molecule has 0 atom stereocenters. The Labute approximate surface area is 137 Å². The number of aliphatic hydroxyl groups excluding tert-OH is 1. The highest BCUT2D eigenvalue weighted by molar-refractivity contribution is 5.77. The van der Waals surface area contributed by atoms with E-state index in [-0.39, 0.29) is 12.5 Å². The third-order valence-corrected chi connectivity index (χ3v) is 4.68. The van der Waals surface area contributed by atoms with Crippen LogP contribution in [-0.2, 0) is 4.79 Å². The molecule has 0 aliphatic carbocycles. The number of quaternary nitrogens is 1. The summed E-state index contributed by atoms with van der Waals surface area (Å²) >= 11 is 0. The number of hydrogen-bond donors (Lipinski definition) is 1. The molecule has 1 N–H and O–H groups in total. The molecule has 4 nitrogen and oxygen atoms in total. The van der Waals surface area contributed by atoms with Gasteiger partial charge in [0, 0.05) is 13.0 Å². The van der Waals surface area contributed by atoms with Gasteiger partial charge >= 0.3 is 0 Å². The lowest BCUT2D eigenvalue weighted by molar-refractivity contribution is -0.924. The lowest BCUT2D eigenvalue weighted by Gasteiger charge is -2.38. The van der Waals surface area contributed by atoms with Gasteiger partial charge in [-0.2, -0.15) is 0 Å². The average Bonchev–Trinajstić information content (AvgIpc) is 2.54. The van der Waals surface area contributed by atoms with Crippen molar-refractivity contribution in [2.24, 2.45) is 0 Å². The van der Waals surface area contributed by atoms with E-state index in [2.05, 4.69) is 26.8 Å². The zero-order valence-corrected chi connectivity index (χ0v) is 15.2. The SMILES string of the molecule is CCCC/C=C/CC(=O)N(CC)CC[N+](CC)(CC)CCO. The molecule has 0 aromatic heterocycles. The van der Waals surface area contributed by atoms with Crippen molar-refractivity contribution in [3.05, 3.63) is 12.2 Å². The minimum Gasteiger partial charge on any atom is -0.391 e. The second-order valence-corrected chi connectivity index (χ2v) is 5.94. The quantitative estimate of drug-likeness (QED) is 0.323. The largest absolute Gasteiger partial charge is 0.391 e. The van der Waals surface area contributed by atoms with Crippen molar-refractivity contribution < 1.29 is 14.4 Å². The second kappa shape index (κ2) is 12.7. The van der Waals surface area contributed by atoms with Crippen LogP contribution in [0.15, 0.2) is 12.2 Å². The van der Waals surface area contributed by atoms with E-state index in [4.69, 9.17) is 0 Å². The van der Waals surface area contributed by atoms with E-state index in [1.54, 1.807) is 0 Å². The van der Waals surface area contributed by atoms with Crippen molar-refractivity contribution >= 4 is 5.91 Å². The van der Waals surface area contributed by atoms with Gasteiger partial charge in [0.1, 0.15) is 6.54 Å². The summed E-state index contributed by atoms with van der Waals surface area (Å²) in [6, 6.07) is 0. The first-order valence-corrected chi connectivity index (χ1v) is 8.97. The predicted molar refractivity (Wildman–Crippen MR) is 93.7 cm³/mol. The van der Waals surface area contributed by atoms with E-state index in [0.717, 1.165) is 50.2 Å². The summed E-state index contributed by atoms with van der Waals surface area (Å²) in [5.41, 5.74) is 0. The Morgan fingerprint density at radius 3 is 2.27 bits per heavy atom. The van der Waals surface area contributed by atoms with Crippen LogP contribution in [0.3, 0.4) is 0 Å². The van der Waals surface area contributed by atoms with Crippen molar-refractivity contribution in [1.29, 1.82) is 0 Å². The fourth-order valence-electron chi connectivity index (χ4n) is 2.73. The van der Waals surface area contributed by atoms with Gasteiger partial charge in [-0.3, -0.25) is 4.79 Å². The van der Waals surface area contributed by atoms with Crippen LogP contribution >= 0.6 is 0 Å². The van der Waals surface area contributed by atoms with Gasteiger partial charge in [-0.05, 0) is 27.2 Å². The summed E-state index contributed by atoms with van der Waals surface area (Å²) in [6.45, 7) is 14.0. The Morgan fingerprint density at radius 1 is 1.09 bits per heavy atom. The van der Waals surface area contributed by atoms with Gasteiger partial charge in [0.25, 0.3) is 0 Å². The number of unbranched alkanes of at least 4 members (excludes halogenated alkanes) is 2. The second-order valence-electron chi connectivity index (χ2n) is 5.94. The fourth-order valence-corrected chi connectivity index (χ4v) is 2.73. The minimum atomic E-state index is 0.210. The van der Waals surface area contributed by atoms with Crippen LogP contribution < -0.4 is 0 Å². The molecule has 0 rings (SSSR count). The molecule has 0 aliphatic rings. The molecular weight excluding hydrogens is 276 g/mol. The number of rotatable bonds is 13. The van der Waals surface area contributed by atoms with E-state index >= 15 is 0 Å². The highest BCUT2D eigenvalue weighted by Gasteiger charge is 2.24. The summed E-state index contributed by atoms with van der Waals surface area (Å²) in [4.78, 5) is 14.2. The molecule has 0 saturated carbocycles. The average molecular weight is 314 g/mol. The molecule has 0 radical (unpaired) electrons. The summed E-state index contributed by atoms with van der Waals surface area (Å²) < 4.78 is 0.882. The van der Waals surface area contributed by atoms with Gasteiger partial charge in [0.2, 0.25) is 5.91 Å². The van der Waals surface area contributed by atoms with Gasteiger partial charge in [-0.15, -0.1) is 0 Å². The molecule has 0 saturated heterocycles. The van der Waals surface area contributed by atoms with Gasteiger partial charge < -0.3 is 14.5 Å². The topological polar surface area (TPSA) is 40.5 Å². The maximum absolute atomic E-state index is 12.3. The highest BCUT2D eigenvalue weighted by atomic mass is 16.3. The van der Waals surface area contributed by atoms with Crippen molar-refractivity contribution in [2.45, 2.75) is 53.4 Å². The first kappa shape index (κ1) is 21.1. The number of amides is 1. The van der Waals surface area contributed by atoms with E-state index < -0.39 is 0 Å². The molecule has 0 aliphatic heterocycles. The highest BCUT2D eigenvalue weighted by Crippen LogP contribution is 2.07. The molecule has 0 heterocycles. The molecule has 22 heavy (non-hydrogen) atoms. The van der Waals surface area contributed by atoms with E-state index in [0.29, 0.717) is 6.42 Å². The Hall–Kier alpha value is -0.870. The Balaban J connectivity index is 4.39. The summed E-state index contributed by atoms with van der Waals surface area (Å²) in [6.07, 6.45) is 8.10. The summed E-state index contributed by atoms with van der Waals surface area (Å²) in [5, 5.41) is 9.28. The van der Waals surface area contributed by atoms with Gasteiger partial charge in [-0.1, -0.05) is 31.9 Å². The van der Waals surface area contributed by atoms with Crippen LogP contribution in [0.1, 0.15) is 53.4 Å². The molecule has 4 heteroatoms. The Morgan fingerprint density at radius 2 is 1.77 bits per heavy atom. The van der Waals surface area contributed by atoms with E-state index in [1.165, 1.54) is 12.8 Å². The standard InChI is InChI=1S/C18H37N2O2/c1-5-9-10-11-12-13-18(22)19(6-2)14-15-20(7-3,8-4)16-17-21/h11-12,21H,5-10,13-17H2,1-4H3/q+1/b12-11+. The van der Waals surface area contributed by atoms with Gasteiger partial charge in [-0.25, -0.2) is 0 Å². The van der Waals surface area contributed by atoms with Crippen LogP contribution in [0.5, 0.6) is 0 Å². The van der Waals surface area contributed by atoms with Crippen molar-refractivity contribution in [3.8, 4) is 0 Å². The lowest BCUT2D eigenvalue weighted by atomic mass is 10.2. The zero-order valence-electron chi connectivity index (χ0n) is 15.2. The molecule has 0 bridgehead atoms. The number of aliphatic hydroxyl groups is 1. The number of nitrogens with zero attached hydrogens (tertiary/aromatic N) is 2. The molecule has 130 valence electrons. The summed E-state index contributed by atoms with van der Waals surface area (Å²) in [5.74, 6) is 0.213. The number of likely N-dealkylation sites (N-methyl/N-ethyl adjacent to an activating group) is 2. The zero-order chi connectivity index (χ0) is 16.8. The maximum Gasteiger partial charge on any atom is 0.226 e. The molecule has 0 fully saturated rings. The van der Waals surface area contributed by atoms with Crippen LogP contribution in [0.4, 0.5) is 0 Å². The van der Waals surface area contributed by atoms with Crippen LogP contribution in [-0.4, -0.2) is 66.3 Å². The molecule has 0 spiro atoms. The number of hydrogen-bond acceptors (Lipinski definition) is 2. The van der Waals surface area contributed by atoms with E-state index in [9.17, 15) is 9.90 Å². The first-order valence-electron chi connectivity index (χ1n) is 8.97. The minimum absolute atomic E-state index is 0.210. The number of carbonyl (C=O) groups is 1. The van der Waals surface area contributed by atoms with Crippen molar-refractivity contribution in [3.63, 3.8) is 0 Å². The smallest absolute Gasteiger partial charge is 0.226 e. The Kier molecular flexibility index (Phi) is 12.2. The summed E-state index contributed by atoms with van der Waals surface area (Å²) in [7, 11) is 0. The van der Waals surface area contributed by atoms with E-state index in [1.807, 2.05) is 17.9 Å². The number of carbonyl (C=O) groups excluding carboxylic acids is 1. The van der Waals surface area contributed by atoms with Crippen molar-refractivity contribution in [1.82, 2.24) is 4.90 Å². The van der Waals surface area contributed by atoms with Crippen LogP contribution in [0.25, 0.3) is 0 Å². The third-order valence-electron chi connectivity index (χ3n) is 4.68. The maximum atomic E-state index is 12.3. The molecule has 0 unspecified atom stereocenters. The monoisotopic (exact) mass is 313 g/mol. The first-order chi connectivity index (χ1) is 10.6. The van der Waals surface area contributed by atoms with Crippen molar-refractivity contribution in [2.75, 3.05) is 45.9 Å². The third kappa shape index (κ3) is 7.95. The lowest BCUT2D eigenvalue weighted by Crippen LogP contribution is -2.53. The van der Waals surface area contributed by atoms with Gasteiger partial charge in [0.05, 0.1) is 32.8 Å². The van der Waals surface area contributed by atoms with Crippen LogP contribution in [0, 0.1) is 0 Å². The molecule has 1 amide bonds. The Bertz CT molecular complexity index is 312. The normalized spacial score (nSPS) is 12.0. The number of allylic oxidation sites excluding steroid dienone is 1. The fraction of sp³-hybridized carbons (Fsp3) is 0.833. The molecule has 0 aromatic rings.